The Hall–Kier alpha value is -2.25. The van der Waals surface area contributed by atoms with Crippen molar-refractivity contribution in [3.05, 3.63) is 48.6 Å². The lowest BCUT2D eigenvalue weighted by molar-refractivity contribution is -0.379. The number of nitrogens with one attached hydrogen (secondary N) is 1. The topological polar surface area (TPSA) is 307 Å². The number of allylic oxidation sites excluding steroid dienone is 7. The van der Waals surface area contributed by atoms with E-state index in [4.69, 9.17) is 28.4 Å². The Bertz CT molecular complexity index is 1740. The average molecular weight is 1210 g/mol. The van der Waals surface area contributed by atoms with Crippen molar-refractivity contribution in [2.24, 2.45) is 0 Å². The van der Waals surface area contributed by atoms with Gasteiger partial charge in [0.15, 0.2) is 18.9 Å². The van der Waals surface area contributed by atoms with Gasteiger partial charge in [-0.3, -0.25) is 4.79 Å². The minimum absolute atomic E-state index is 0.218. The minimum atomic E-state index is -1.98. The highest BCUT2D eigenvalue weighted by atomic mass is 16.8. The predicted molar refractivity (Wildman–Crippen MR) is 328 cm³/mol. The summed E-state index contributed by atoms with van der Waals surface area (Å²) in [5.74, 6) is -0.300. The molecule has 19 heteroatoms. The highest BCUT2D eigenvalue weighted by Crippen LogP contribution is 2.33. The SMILES string of the molecule is CCCC/C=C\C/C=C\CCCCCCCC(=O)NC(COC1OC(CO)C(OC2OC(CO)C(OC3OC(CO)C(O)C(O)C3O)C(O)C2O)C(O)C1O)C(O)/C=C/CC/C=C/CCCCCCCCCCCCCCCCCCCCCC. The Morgan fingerprint density at radius 3 is 1.28 bits per heavy atom. The lowest BCUT2D eigenvalue weighted by atomic mass is 9.96. The number of carbonyl (C=O) groups excluding carboxylic acids is 1. The van der Waals surface area contributed by atoms with Crippen LogP contribution in [0.3, 0.4) is 0 Å². The van der Waals surface area contributed by atoms with Crippen LogP contribution in [0.15, 0.2) is 48.6 Å². The second-order valence-electron chi connectivity index (χ2n) is 23.9. The molecule has 0 saturated carbocycles. The van der Waals surface area contributed by atoms with Crippen molar-refractivity contribution in [1.82, 2.24) is 5.32 Å². The van der Waals surface area contributed by atoms with Crippen molar-refractivity contribution in [2.45, 2.75) is 336 Å². The maximum Gasteiger partial charge on any atom is 0.220 e. The molecule has 3 saturated heterocycles. The minimum Gasteiger partial charge on any atom is -0.394 e. The number of amides is 1. The molecule has 19 nitrogen and oxygen atoms in total. The molecule has 0 radical (unpaired) electrons. The summed E-state index contributed by atoms with van der Waals surface area (Å²) in [4.78, 5) is 13.3. The molecule has 3 aliphatic rings. The van der Waals surface area contributed by atoms with E-state index in [1.54, 1.807) is 6.08 Å². The van der Waals surface area contributed by atoms with Gasteiger partial charge in [0.1, 0.15) is 73.2 Å². The summed E-state index contributed by atoms with van der Waals surface area (Å²) in [6.45, 7) is 1.66. The van der Waals surface area contributed by atoms with Crippen molar-refractivity contribution >= 4 is 5.91 Å². The number of carbonyl (C=O) groups is 1. The first-order valence-electron chi connectivity index (χ1n) is 33.4. The molecule has 0 spiro atoms. The van der Waals surface area contributed by atoms with Crippen LogP contribution in [0, 0.1) is 0 Å². The molecular weight excluding hydrogens is 1090 g/mol. The average Bonchev–Trinajstić information content (AvgIpc) is 3.58. The molecule has 3 fully saturated rings. The van der Waals surface area contributed by atoms with E-state index in [9.17, 15) is 61.0 Å². The normalized spacial score (nSPS) is 29.3. The van der Waals surface area contributed by atoms with Crippen molar-refractivity contribution < 1.29 is 89.4 Å². The summed E-state index contributed by atoms with van der Waals surface area (Å²) in [7, 11) is 0. The summed E-state index contributed by atoms with van der Waals surface area (Å²) in [5.41, 5.74) is 0. The molecule has 3 heterocycles. The second kappa shape index (κ2) is 48.6. The zero-order chi connectivity index (χ0) is 61.9. The lowest BCUT2D eigenvalue weighted by Crippen LogP contribution is -2.66. The summed E-state index contributed by atoms with van der Waals surface area (Å²) in [5, 5.41) is 120. The van der Waals surface area contributed by atoms with Gasteiger partial charge in [0.25, 0.3) is 0 Å². The van der Waals surface area contributed by atoms with Gasteiger partial charge in [-0.25, -0.2) is 0 Å². The fourth-order valence-corrected chi connectivity index (χ4v) is 11.1. The van der Waals surface area contributed by atoms with Crippen molar-refractivity contribution in [1.29, 1.82) is 0 Å². The zero-order valence-corrected chi connectivity index (χ0v) is 52.1. The van der Waals surface area contributed by atoms with E-state index in [0.29, 0.717) is 12.8 Å². The molecule has 0 aromatic carbocycles. The lowest BCUT2D eigenvalue weighted by Gasteiger charge is -2.48. The van der Waals surface area contributed by atoms with Crippen molar-refractivity contribution in [3.63, 3.8) is 0 Å². The molecule has 1 amide bonds. The van der Waals surface area contributed by atoms with Gasteiger partial charge < -0.3 is 89.9 Å². The number of unbranched alkanes of at least 4 members (excludes halogenated alkanes) is 28. The van der Waals surface area contributed by atoms with Crippen LogP contribution in [0.25, 0.3) is 0 Å². The largest absolute Gasteiger partial charge is 0.394 e. The summed E-state index contributed by atoms with van der Waals surface area (Å²) in [6.07, 6.45) is 29.6. The molecule has 3 aliphatic heterocycles. The third-order valence-electron chi connectivity index (χ3n) is 16.6. The van der Waals surface area contributed by atoms with Crippen molar-refractivity contribution in [3.8, 4) is 0 Å². The van der Waals surface area contributed by atoms with Gasteiger partial charge in [-0.2, -0.15) is 0 Å². The van der Waals surface area contributed by atoms with Crippen LogP contribution in [0.1, 0.15) is 232 Å². The molecule has 3 rings (SSSR count). The van der Waals surface area contributed by atoms with Gasteiger partial charge in [-0.15, -0.1) is 0 Å². The van der Waals surface area contributed by atoms with Gasteiger partial charge in [-0.1, -0.05) is 217 Å². The Labute approximate surface area is 510 Å². The quantitative estimate of drug-likeness (QED) is 0.0204. The number of aliphatic hydroxyl groups excluding tert-OH is 11. The number of rotatable bonds is 50. The Kier molecular flexibility index (Phi) is 44.0. The number of ether oxygens (including phenoxy) is 6. The maximum absolute atomic E-state index is 13.3. The van der Waals surface area contributed by atoms with E-state index >= 15 is 0 Å². The zero-order valence-electron chi connectivity index (χ0n) is 52.1. The van der Waals surface area contributed by atoms with Crippen LogP contribution in [0.2, 0.25) is 0 Å². The maximum atomic E-state index is 13.3. The number of hydrogen-bond acceptors (Lipinski definition) is 18. The Morgan fingerprint density at radius 1 is 0.424 bits per heavy atom. The molecule has 0 bridgehead atoms. The van der Waals surface area contributed by atoms with Crippen LogP contribution in [-0.2, 0) is 33.2 Å². The first-order valence-corrected chi connectivity index (χ1v) is 33.4. The smallest absolute Gasteiger partial charge is 0.220 e. The fourth-order valence-electron chi connectivity index (χ4n) is 11.1. The third-order valence-corrected chi connectivity index (χ3v) is 16.6. The van der Waals surface area contributed by atoms with Crippen LogP contribution in [-0.4, -0.2) is 193 Å². The van der Waals surface area contributed by atoms with E-state index in [-0.39, 0.29) is 18.9 Å². The van der Waals surface area contributed by atoms with Crippen molar-refractivity contribution in [2.75, 3.05) is 26.4 Å². The van der Waals surface area contributed by atoms with Gasteiger partial charge in [0.2, 0.25) is 5.91 Å². The molecule has 12 N–H and O–H groups in total. The molecule has 17 atom stereocenters. The second-order valence-corrected chi connectivity index (χ2v) is 23.9. The monoisotopic (exact) mass is 1210 g/mol. The first-order chi connectivity index (χ1) is 41.3. The van der Waals surface area contributed by atoms with E-state index in [2.05, 4.69) is 55.6 Å². The van der Waals surface area contributed by atoms with Gasteiger partial charge in [0.05, 0.1) is 38.6 Å². The molecule has 0 aromatic rings. The fraction of sp³-hybridized carbons (Fsp3) is 0.864. The third kappa shape index (κ3) is 31.4. The van der Waals surface area contributed by atoms with E-state index in [1.165, 1.54) is 135 Å². The highest BCUT2D eigenvalue weighted by molar-refractivity contribution is 5.76. The first kappa shape index (κ1) is 77.0. The number of aliphatic hydroxyl groups is 11. The molecular formula is C66H119NO18. The van der Waals surface area contributed by atoms with Gasteiger partial charge >= 0.3 is 0 Å². The summed E-state index contributed by atoms with van der Waals surface area (Å²) in [6, 6.07) is -0.998. The van der Waals surface area contributed by atoms with E-state index in [0.717, 1.165) is 64.2 Å². The molecule has 496 valence electrons. The highest BCUT2D eigenvalue weighted by Gasteiger charge is 2.53. The van der Waals surface area contributed by atoms with Crippen LogP contribution in [0.5, 0.6) is 0 Å². The molecule has 0 aromatic heterocycles. The van der Waals surface area contributed by atoms with Gasteiger partial charge in [-0.05, 0) is 57.8 Å². The molecule has 85 heavy (non-hydrogen) atoms. The van der Waals surface area contributed by atoms with E-state index in [1.807, 2.05) is 6.08 Å². The molecule has 0 aliphatic carbocycles. The summed E-state index contributed by atoms with van der Waals surface area (Å²) >= 11 is 0. The molecule has 17 unspecified atom stereocenters. The van der Waals surface area contributed by atoms with Crippen LogP contribution >= 0.6 is 0 Å². The number of hydrogen-bond donors (Lipinski definition) is 12. The van der Waals surface area contributed by atoms with E-state index < -0.39 is 124 Å². The predicted octanol–water partition coefficient (Wildman–Crippen LogP) is 7.83. The van der Waals surface area contributed by atoms with Gasteiger partial charge in [0, 0.05) is 6.42 Å². The standard InChI is InChI=1S/C66H119NO18/c1-3-5-7-9-11-13-15-17-19-20-21-22-23-24-25-26-27-28-29-30-31-33-35-37-39-41-43-50(71)49(67-54(72)44-42-40-38-36-34-32-18-16-14-12-10-8-6-4-2)48-80-64-60(78)57(75)62(52(46-69)82-64)85-66-61(79)58(76)63(53(47-70)83-66)84-65-59(77)56(74)55(73)51(45-68)81-65/h10,12,16,18,33,35,41,43,49-53,55-66,68-71,73-79H,3-9,11,13-15,17,19-32,34,36-40,42,44-48H2,1-2H3,(H,67,72)/b12-10-,18-16-,35-33+,43-41+. The van der Waals surface area contributed by atoms with Crippen LogP contribution < -0.4 is 5.32 Å². The summed E-state index contributed by atoms with van der Waals surface area (Å²) < 4.78 is 34.3. The van der Waals surface area contributed by atoms with Crippen LogP contribution in [0.4, 0.5) is 0 Å². The Balaban J connectivity index is 1.45. The Morgan fingerprint density at radius 2 is 0.800 bits per heavy atom.